The molecule has 35 heavy (non-hydrogen) atoms. The molecule has 0 amide bonds. The molecule has 0 bridgehead atoms. The SMILES string of the molecule is C=CC[C@@]12C[C@@H](CO[Si](c3ccccc3)(c3ccccc3)C(C)(C)C)O[C@]1(OCC)CCCC2=O. The van der Waals surface area contributed by atoms with Gasteiger partial charge in [0, 0.05) is 19.4 Å². The highest BCUT2D eigenvalue weighted by molar-refractivity contribution is 6.99. The Kier molecular flexibility index (Phi) is 7.53. The number of ether oxygens (including phenoxy) is 2. The molecule has 1 aliphatic carbocycles. The van der Waals surface area contributed by atoms with Crippen molar-refractivity contribution in [3.63, 3.8) is 0 Å². The van der Waals surface area contributed by atoms with Crippen LogP contribution in [-0.2, 0) is 18.7 Å². The van der Waals surface area contributed by atoms with Gasteiger partial charge in [-0.15, -0.1) is 6.58 Å². The van der Waals surface area contributed by atoms with Crippen molar-refractivity contribution in [1.82, 2.24) is 0 Å². The van der Waals surface area contributed by atoms with Crippen molar-refractivity contribution >= 4 is 24.5 Å². The third kappa shape index (κ3) is 4.37. The summed E-state index contributed by atoms with van der Waals surface area (Å²) in [5.41, 5.74) is -0.678. The van der Waals surface area contributed by atoms with Crippen LogP contribution in [0.25, 0.3) is 0 Å². The summed E-state index contributed by atoms with van der Waals surface area (Å²) in [6, 6.07) is 21.3. The highest BCUT2D eigenvalue weighted by Gasteiger charge is 2.65. The van der Waals surface area contributed by atoms with Crippen molar-refractivity contribution in [2.75, 3.05) is 13.2 Å². The van der Waals surface area contributed by atoms with E-state index in [4.69, 9.17) is 13.9 Å². The number of allylic oxidation sites excluding steroid dienone is 1. The van der Waals surface area contributed by atoms with E-state index in [1.807, 2.05) is 13.0 Å². The van der Waals surface area contributed by atoms with Crippen molar-refractivity contribution < 1.29 is 18.7 Å². The molecule has 2 aromatic rings. The fourth-order valence-corrected chi connectivity index (χ4v) is 11.1. The van der Waals surface area contributed by atoms with E-state index in [0.717, 1.165) is 12.8 Å². The Hall–Kier alpha value is -2.05. The molecule has 1 heterocycles. The smallest absolute Gasteiger partial charge is 0.261 e. The molecule has 0 spiro atoms. The van der Waals surface area contributed by atoms with E-state index in [0.29, 0.717) is 32.5 Å². The summed E-state index contributed by atoms with van der Waals surface area (Å²) < 4.78 is 20.1. The zero-order chi connectivity index (χ0) is 25.2. The zero-order valence-corrected chi connectivity index (χ0v) is 22.7. The van der Waals surface area contributed by atoms with E-state index in [9.17, 15) is 4.79 Å². The van der Waals surface area contributed by atoms with Crippen LogP contribution in [0.5, 0.6) is 0 Å². The molecule has 1 aliphatic heterocycles. The molecule has 5 heteroatoms. The van der Waals surface area contributed by atoms with E-state index >= 15 is 0 Å². The summed E-state index contributed by atoms with van der Waals surface area (Å²) in [5, 5.41) is 2.36. The van der Waals surface area contributed by atoms with Gasteiger partial charge in [-0.1, -0.05) is 87.5 Å². The summed E-state index contributed by atoms with van der Waals surface area (Å²) in [5.74, 6) is -0.643. The lowest BCUT2D eigenvalue weighted by molar-refractivity contribution is -0.274. The number of carbonyl (C=O) groups excluding carboxylic acids is 1. The summed E-state index contributed by atoms with van der Waals surface area (Å²) >= 11 is 0. The van der Waals surface area contributed by atoms with Crippen molar-refractivity contribution in [1.29, 1.82) is 0 Å². The normalized spacial score (nSPS) is 27.0. The number of benzene rings is 2. The van der Waals surface area contributed by atoms with E-state index < -0.39 is 19.5 Å². The Morgan fingerprint density at radius 3 is 2.20 bits per heavy atom. The van der Waals surface area contributed by atoms with Gasteiger partial charge < -0.3 is 13.9 Å². The minimum absolute atomic E-state index is 0.118. The predicted octanol–water partition coefficient (Wildman–Crippen LogP) is 5.40. The van der Waals surface area contributed by atoms with E-state index in [-0.39, 0.29) is 16.9 Å². The van der Waals surface area contributed by atoms with Gasteiger partial charge in [0.05, 0.1) is 18.1 Å². The van der Waals surface area contributed by atoms with Gasteiger partial charge in [0.15, 0.2) is 5.79 Å². The van der Waals surface area contributed by atoms with Gasteiger partial charge in [-0.3, -0.25) is 4.79 Å². The Morgan fingerprint density at radius 1 is 1.09 bits per heavy atom. The number of Topliss-reactive ketones (excluding diaryl/α,β-unsaturated/α-hetero) is 1. The monoisotopic (exact) mass is 492 g/mol. The Labute approximate surface area is 211 Å². The van der Waals surface area contributed by atoms with Gasteiger partial charge in [0.2, 0.25) is 0 Å². The fraction of sp³-hybridized carbons (Fsp3) is 0.500. The maximum Gasteiger partial charge on any atom is 0.261 e. The van der Waals surface area contributed by atoms with Gasteiger partial charge in [0.25, 0.3) is 8.32 Å². The molecule has 3 atom stereocenters. The van der Waals surface area contributed by atoms with Gasteiger partial charge in [-0.05, 0) is 41.6 Å². The number of hydrogen-bond acceptors (Lipinski definition) is 4. The highest BCUT2D eigenvalue weighted by Crippen LogP contribution is 2.56. The van der Waals surface area contributed by atoms with Crippen molar-refractivity contribution in [2.24, 2.45) is 5.41 Å². The molecule has 1 saturated heterocycles. The number of carbonyl (C=O) groups is 1. The summed E-state index contributed by atoms with van der Waals surface area (Å²) in [6.07, 6.45) is 4.92. The van der Waals surface area contributed by atoms with Crippen LogP contribution >= 0.6 is 0 Å². The van der Waals surface area contributed by atoms with Crippen LogP contribution in [-0.4, -0.2) is 39.2 Å². The summed E-state index contributed by atoms with van der Waals surface area (Å²) in [6.45, 7) is 13.7. The van der Waals surface area contributed by atoms with Crippen LogP contribution in [0.15, 0.2) is 73.3 Å². The van der Waals surface area contributed by atoms with Gasteiger partial charge >= 0.3 is 0 Å². The first-order valence-corrected chi connectivity index (χ1v) is 14.9. The zero-order valence-electron chi connectivity index (χ0n) is 21.7. The Morgan fingerprint density at radius 2 is 1.69 bits per heavy atom. The van der Waals surface area contributed by atoms with E-state index in [1.54, 1.807) is 0 Å². The number of rotatable bonds is 9. The Bertz CT molecular complexity index is 972. The van der Waals surface area contributed by atoms with Gasteiger partial charge in [-0.2, -0.15) is 0 Å². The minimum Gasteiger partial charge on any atom is -0.405 e. The molecule has 2 aliphatic rings. The average molecular weight is 493 g/mol. The summed E-state index contributed by atoms with van der Waals surface area (Å²) in [4.78, 5) is 13.4. The topological polar surface area (TPSA) is 44.8 Å². The first kappa shape index (κ1) is 26.0. The molecule has 4 rings (SSSR count). The minimum atomic E-state index is -2.69. The van der Waals surface area contributed by atoms with Crippen LogP contribution in [0.1, 0.15) is 59.8 Å². The summed E-state index contributed by atoms with van der Waals surface area (Å²) in [7, 11) is -2.69. The largest absolute Gasteiger partial charge is 0.405 e. The first-order valence-electron chi connectivity index (χ1n) is 13.0. The number of fused-ring (bicyclic) bond motifs is 1. The molecular formula is C30H40O4Si. The van der Waals surface area contributed by atoms with Crippen LogP contribution in [0.2, 0.25) is 5.04 Å². The van der Waals surface area contributed by atoms with Gasteiger partial charge in [-0.25, -0.2) is 0 Å². The van der Waals surface area contributed by atoms with Crippen molar-refractivity contribution in [2.45, 2.75) is 76.7 Å². The highest BCUT2D eigenvalue weighted by atomic mass is 28.4. The maximum atomic E-state index is 13.4. The quantitative estimate of drug-likeness (QED) is 0.347. The van der Waals surface area contributed by atoms with Crippen LogP contribution in [0.3, 0.4) is 0 Å². The van der Waals surface area contributed by atoms with Crippen LogP contribution in [0, 0.1) is 5.41 Å². The number of hydrogen-bond donors (Lipinski definition) is 0. The second-order valence-electron chi connectivity index (χ2n) is 11.0. The van der Waals surface area contributed by atoms with Crippen molar-refractivity contribution in [3.05, 3.63) is 73.3 Å². The molecule has 0 radical (unpaired) electrons. The third-order valence-corrected chi connectivity index (χ3v) is 12.9. The molecule has 2 aromatic carbocycles. The molecule has 0 N–H and O–H groups in total. The first-order chi connectivity index (χ1) is 16.7. The molecule has 2 fully saturated rings. The maximum absolute atomic E-state index is 13.4. The Balaban J connectivity index is 1.72. The standard InChI is InChI=1S/C30H40O4Si/c1-6-20-29-22-24(34-30(29,32-7-2)21-14-19-27(29)31)23-33-35(28(3,4)5,25-15-10-8-11-16-25)26-17-12-9-13-18-26/h6,8-13,15-18,24H,1,7,14,19-23H2,2-5H3/t24-,29-,30+/m0/s1. The van der Waals surface area contributed by atoms with Crippen LogP contribution < -0.4 is 10.4 Å². The lowest BCUT2D eigenvalue weighted by Gasteiger charge is -2.45. The second kappa shape index (κ2) is 10.1. The fourth-order valence-electron chi connectivity index (χ4n) is 6.46. The number of ketones is 1. The molecule has 1 saturated carbocycles. The van der Waals surface area contributed by atoms with E-state index in [1.165, 1.54) is 10.4 Å². The third-order valence-electron chi connectivity index (χ3n) is 7.88. The molecule has 0 unspecified atom stereocenters. The van der Waals surface area contributed by atoms with E-state index in [2.05, 4.69) is 88.0 Å². The molecule has 4 nitrogen and oxygen atoms in total. The lowest BCUT2D eigenvalue weighted by Crippen LogP contribution is -2.67. The van der Waals surface area contributed by atoms with Crippen molar-refractivity contribution in [3.8, 4) is 0 Å². The second-order valence-corrected chi connectivity index (χ2v) is 15.3. The lowest BCUT2D eigenvalue weighted by atomic mass is 9.65. The van der Waals surface area contributed by atoms with Crippen LogP contribution in [0.4, 0.5) is 0 Å². The average Bonchev–Trinajstić information content (AvgIpc) is 3.16. The molecular weight excluding hydrogens is 452 g/mol. The van der Waals surface area contributed by atoms with Gasteiger partial charge in [0.1, 0.15) is 5.78 Å². The molecule has 0 aromatic heterocycles. The molecule has 188 valence electrons. The predicted molar refractivity (Wildman–Crippen MR) is 144 cm³/mol.